The minimum Gasteiger partial charge on any atom is -0.494 e. The Labute approximate surface area is 157 Å². The van der Waals surface area contributed by atoms with Crippen molar-refractivity contribution in [3.8, 4) is 23.0 Å². The van der Waals surface area contributed by atoms with E-state index in [-0.39, 0.29) is 17.3 Å². The molecule has 0 fully saturated rings. The Bertz CT molecular complexity index is 913. The lowest BCUT2D eigenvalue weighted by atomic mass is 10.1. The van der Waals surface area contributed by atoms with Crippen LogP contribution >= 0.6 is 0 Å². The summed E-state index contributed by atoms with van der Waals surface area (Å²) < 4.78 is 22.0. The van der Waals surface area contributed by atoms with E-state index in [0.29, 0.717) is 41.6 Å². The molecule has 0 unspecified atom stereocenters. The normalized spacial score (nSPS) is 13.9. The number of Topliss-reactive ketones (excluding diaryl/α,β-unsaturated/α-hetero) is 1. The van der Waals surface area contributed by atoms with Crippen LogP contribution in [0.2, 0.25) is 0 Å². The predicted molar refractivity (Wildman–Crippen MR) is 99.5 cm³/mol. The van der Waals surface area contributed by atoms with Gasteiger partial charge in [0.2, 0.25) is 5.78 Å². The van der Waals surface area contributed by atoms with Crippen molar-refractivity contribution < 1.29 is 28.5 Å². The Balaban J connectivity index is 1.98. The maximum atomic E-state index is 12.6. The summed E-state index contributed by atoms with van der Waals surface area (Å²) in [5, 5.41) is 0. The van der Waals surface area contributed by atoms with Gasteiger partial charge in [-0.25, -0.2) is 0 Å². The van der Waals surface area contributed by atoms with Gasteiger partial charge < -0.3 is 18.9 Å². The largest absolute Gasteiger partial charge is 0.494 e. The second-order valence-electron chi connectivity index (χ2n) is 5.73. The molecule has 140 valence electrons. The van der Waals surface area contributed by atoms with Crippen molar-refractivity contribution >= 4 is 17.8 Å². The topological polar surface area (TPSA) is 71.1 Å². The molecular formula is C21H20O6. The lowest BCUT2D eigenvalue weighted by Crippen LogP contribution is -2.06. The van der Waals surface area contributed by atoms with Gasteiger partial charge in [0.15, 0.2) is 17.3 Å². The lowest BCUT2D eigenvalue weighted by Gasteiger charge is -2.12. The highest BCUT2D eigenvalue weighted by Crippen LogP contribution is 2.38. The van der Waals surface area contributed by atoms with Crippen LogP contribution in [0.4, 0.5) is 0 Å². The number of ketones is 1. The fourth-order valence-corrected chi connectivity index (χ4v) is 2.73. The molecule has 0 N–H and O–H groups in total. The van der Waals surface area contributed by atoms with Crippen LogP contribution < -0.4 is 18.9 Å². The van der Waals surface area contributed by atoms with Crippen molar-refractivity contribution in [1.29, 1.82) is 0 Å². The van der Waals surface area contributed by atoms with Crippen LogP contribution in [0.3, 0.4) is 0 Å². The Morgan fingerprint density at radius 3 is 2.59 bits per heavy atom. The van der Waals surface area contributed by atoms with Crippen LogP contribution in [-0.4, -0.2) is 25.0 Å². The van der Waals surface area contributed by atoms with E-state index in [9.17, 15) is 9.59 Å². The fourth-order valence-electron chi connectivity index (χ4n) is 2.73. The second-order valence-corrected chi connectivity index (χ2v) is 5.73. The van der Waals surface area contributed by atoms with Gasteiger partial charge in [0.05, 0.1) is 18.8 Å². The first-order chi connectivity index (χ1) is 13.0. The molecule has 0 bridgehead atoms. The van der Waals surface area contributed by atoms with Crippen LogP contribution in [0.15, 0.2) is 42.2 Å². The summed E-state index contributed by atoms with van der Waals surface area (Å²) in [7, 11) is 0. The summed E-state index contributed by atoms with van der Waals surface area (Å²) in [4.78, 5) is 24.1. The zero-order valence-corrected chi connectivity index (χ0v) is 15.4. The van der Waals surface area contributed by atoms with Crippen molar-refractivity contribution in [3.63, 3.8) is 0 Å². The highest BCUT2D eigenvalue weighted by molar-refractivity contribution is 6.14. The Hall–Kier alpha value is -3.28. The van der Waals surface area contributed by atoms with E-state index in [1.807, 2.05) is 13.8 Å². The summed E-state index contributed by atoms with van der Waals surface area (Å²) in [6, 6.07) is 10.3. The van der Waals surface area contributed by atoms with Crippen molar-refractivity contribution in [2.75, 3.05) is 13.2 Å². The first-order valence-electron chi connectivity index (χ1n) is 8.68. The lowest BCUT2D eigenvalue weighted by molar-refractivity contribution is -0.132. The summed E-state index contributed by atoms with van der Waals surface area (Å²) in [6.45, 7) is 5.95. The number of para-hydroxylation sites is 1. The standard InChI is InChI=1S/C21H20O6/c1-4-24-15-9-10-16-18(12-15)27-19(20(16)23)11-14-7-6-8-17(25-5-2)21(14)26-13(3)22/h6-12H,4-5H2,1-3H3/b19-11-. The molecule has 0 aromatic heterocycles. The maximum absolute atomic E-state index is 12.6. The molecule has 1 aliphatic rings. The molecule has 3 rings (SSSR count). The highest BCUT2D eigenvalue weighted by Gasteiger charge is 2.28. The Morgan fingerprint density at radius 1 is 1.11 bits per heavy atom. The number of carbonyl (C=O) groups excluding carboxylic acids is 2. The van der Waals surface area contributed by atoms with Crippen molar-refractivity contribution in [3.05, 3.63) is 53.3 Å². The molecule has 0 spiro atoms. The van der Waals surface area contributed by atoms with Gasteiger partial charge >= 0.3 is 5.97 Å². The van der Waals surface area contributed by atoms with Gasteiger partial charge in [0.1, 0.15) is 11.5 Å². The van der Waals surface area contributed by atoms with E-state index in [1.54, 1.807) is 42.5 Å². The van der Waals surface area contributed by atoms with Crippen LogP contribution in [0.1, 0.15) is 36.7 Å². The van der Waals surface area contributed by atoms with Gasteiger partial charge in [-0.3, -0.25) is 9.59 Å². The molecule has 0 saturated carbocycles. The van der Waals surface area contributed by atoms with Gasteiger partial charge in [0, 0.05) is 18.6 Å². The van der Waals surface area contributed by atoms with Crippen LogP contribution in [0.25, 0.3) is 6.08 Å². The zero-order valence-electron chi connectivity index (χ0n) is 15.4. The third kappa shape index (κ3) is 3.95. The van der Waals surface area contributed by atoms with Crippen molar-refractivity contribution in [2.24, 2.45) is 0 Å². The summed E-state index contributed by atoms with van der Waals surface area (Å²) in [5.74, 6) is 1.15. The number of fused-ring (bicyclic) bond motifs is 1. The number of hydrogen-bond acceptors (Lipinski definition) is 6. The van der Waals surface area contributed by atoms with Gasteiger partial charge in [0.25, 0.3) is 0 Å². The number of carbonyl (C=O) groups is 2. The van der Waals surface area contributed by atoms with Gasteiger partial charge in [-0.1, -0.05) is 12.1 Å². The number of benzene rings is 2. The van der Waals surface area contributed by atoms with Gasteiger partial charge in [-0.2, -0.15) is 0 Å². The Morgan fingerprint density at radius 2 is 1.89 bits per heavy atom. The molecule has 27 heavy (non-hydrogen) atoms. The number of esters is 1. The molecule has 2 aromatic carbocycles. The van der Waals surface area contributed by atoms with Crippen molar-refractivity contribution in [2.45, 2.75) is 20.8 Å². The molecule has 0 amide bonds. The van der Waals surface area contributed by atoms with Gasteiger partial charge in [-0.05, 0) is 38.1 Å². The second kappa shape index (κ2) is 7.95. The minimum absolute atomic E-state index is 0.140. The fraction of sp³-hybridized carbons (Fsp3) is 0.238. The van der Waals surface area contributed by atoms with E-state index >= 15 is 0 Å². The maximum Gasteiger partial charge on any atom is 0.308 e. The quantitative estimate of drug-likeness (QED) is 0.436. The third-order valence-electron chi connectivity index (χ3n) is 3.79. The first-order valence-corrected chi connectivity index (χ1v) is 8.68. The molecule has 1 heterocycles. The highest BCUT2D eigenvalue weighted by atomic mass is 16.6. The first kappa shape index (κ1) is 18.5. The molecule has 6 heteroatoms. The zero-order chi connectivity index (χ0) is 19.4. The molecule has 6 nitrogen and oxygen atoms in total. The summed E-state index contributed by atoms with van der Waals surface area (Å²) in [6.07, 6.45) is 1.55. The van der Waals surface area contributed by atoms with E-state index in [1.165, 1.54) is 6.92 Å². The van der Waals surface area contributed by atoms with Crippen LogP contribution in [0, 0.1) is 0 Å². The van der Waals surface area contributed by atoms with E-state index in [0.717, 1.165) is 0 Å². The Kier molecular flexibility index (Phi) is 5.45. The number of hydrogen-bond donors (Lipinski definition) is 0. The number of rotatable bonds is 6. The molecule has 0 aliphatic carbocycles. The minimum atomic E-state index is -0.481. The van der Waals surface area contributed by atoms with Crippen LogP contribution in [0.5, 0.6) is 23.0 Å². The molecule has 1 aliphatic heterocycles. The predicted octanol–water partition coefficient (Wildman–Crippen LogP) is 4.03. The molecule has 0 saturated heterocycles. The monoisotopic (exact) mass is 368 g/mol. The smallest absolute Gasteiger partial charge is 0.308 e. The summed E-state index contributed by atoms with van der Waals surface area (Å²) in [5.41, 5.74) is 0.969. The number of allylic oxidation sites excluding steroid dienone is 1. The average Bonchev–Trinajstić information content (AvgIpc) is 2.93. The SMILES string of the molecule is CCOc1ccc2c(c1)O/C(=C\c1cccc(OCC)c1OC(C)=O)C2=O. The van der Waals surface area contributed by atoms with Crippen LogP contribution in [-0.2, 0) is 4.79 Å². The van der Waals surface area contributed by atoms with E-state index < -0.39 is 5.97 Å². The van der Waals surface area contributed by atoms with E-state index in [4.69, 9.17) is 18.9 Å². The van der Waals surface area contributed by atoms with Crippen molar-refractivity contribution in [1.82, 2.24) is 0 Å². The average molecular weight is 368 g/mol. The third-order valence-corrected chi connectivity index (χ3v) is 3.79. The van der Waals surface area contributed by atoms with Gasteiger partial charge in [-0.15, -0.1) is 0 Å². The molecular weight excluding hydrogens is 348 g/mol. The molecule has 2 aromatic rings. The van der Waals surface area contributed by atoms with E-state index in [2.05, 4.69) is 0 Å². The molecule has 0 atom stereocenters. The number of ether oxygens (including phenoxy) is 4. The molecule has 0 radical (unpaired) electrons. The summed E-state index contributed by atoms with van der Waals surface area (Å²) >= 11 is 0.